The second-order valence-corrected chi connectivity index (χ2v) is 7.67. The first-order valence-corrected chi connectivity index (χ1v) is 10.1. The average molecular weight is 414 g/mol. The van der Waals surface area contributed by atoms with E-state index in [4.69, 9.17) is 28.2 Å². The molecule has 4 rings (SSSR count). The molecule has 0 amide bonds. The van der Waals surface area contributed by atoms with Crippen molar-refractivity contribution in [2.45, 2.75) is 31.7 Å². The van der Waals surface area contributed by atoms with Crippen molar-refractivity contribution in [3.05, 3.63) is 64.6 Å². The molecule has 5 nitrogen and oxygen atoms in total. The van der Waals surface area contributed by atoms with E-state index in [-0.39, 0.29) is 0 Å². The van der Waals surface area contributed by atoms with Gasteiger partial charge in [-0.05, 0) is 31.0 Å². The molecule has 0 radical (unpaired) electrons. The molecule has 3 aromatic rings. The van der Waals surface area contributed by atoms with E-state index in [1.54, 1.807) is 12.1 Å². The van der Waals surface area contributed by atoms with Gasteiger partial charge in [-0.25, -0.2) is 4.98 Å². The Labute approximate surface area is 174 Å². The lowest BCUT2D eigenvalue weighted by molar-refractivity contribution is 0.744. The van der Waals surface area contributed by atoms with Crippen molar-refractivity contribution in [2.75, 3.05) is 16.2 Å². The zero-order valence-corrected chi connectivity index (χ0v) is 16.8. The first-order valence-electron chi connectivity index (χ1n) is 9.35. The topological polar surface area (TPSA) is 61.9 Å². The summed E-state index contributed by atoms with van der Waals surface area (Å²) in [5.74, 6) is 1.28. The van der Waals surface area contributed by atoms with Gasteiger partial charge in [0, 0.05) is 22.7 Å². The van der Waals surface area contributed by atoms with Gasteiger partial charge in [0.25, 0.3) is 0 Å². The summed E-state index contributed by atoms with van der Waals surface area (Å²) in [5, 5.41) is 4.59. The summed E-state index contributed by atoms with van der Waals surface area (Å²) < 4.78 is 0. The van der Waals surface area contributed by atoms with Gasteiger partial charge in [0.1, 0.15) is 0 Å². The van der Waals surface area contributed by atoms with Crippen LogP contribution in [-0.4, -0.2) is 16.0 Å². The van der Waals surface area contributed by atoms with Crippen LogP contribution in [0.15, 0.2) is 54.6 Å². The normalized spacial score (nSPS) is 14.1. The lowest BCUT2D eigenvalue weighted by atomic mass is 10.1. The van der Waals surface area contributed by atoms with Crippen LogP contribution in [0.3, 0.4) is 0 Å². The number of anilines is 3. The summed E-state index contributed by atoms with van der Waals surface area (Å²) in [7, 11) is 0. The van der Waals surface area contributed by atoms with Gasteiger partial charge in [0.15, 0.2) is 5.82 Å². The third-order valence-corrected chi connectivity index (χ3v) is 5.29. The summed E-state index contributed by atoms with van der Waals surface area (Å²) >= 11 is 12.2. The van der Waals surface area contributed by atoms with Gasteiger partial charge < -0.3 is 5.32 Å². The lowest BCUT2D eigenvalue weighted by Crippen LogP contribution is -2.18. The van der Waals surface area contributed by atoms with Crippen molar-refractivity contribution in [1.29, 1.82) is 0 Å². The molecule has 2 aromatic carbocycles. The maximum absolute atomic E-state index is 6.24. The molecule has 1 aliphatic rings. The molecule has 0 bridgehead atoms. The highest BCUT2D eigenvalue weighted by atomic mass is 35.5. The monoisotopic (exact) mass is 413 g/mol. The molecule has 1 aliphatic carbocycles. The molecule has 0 atom stereocenters. The number of hydrogen-bond donors (Lipinski definition) is 3. The Morgan fingerprint density at radius 3 is 2.39 bits per heavy atom. The first kappa shape index (κ1) is 18.8. The van der Waals surface area contributed by atoms with Crippen LogP contribution in [0.5, 0.6) is 0 Å². The van der Waals surface area contributed by atoms with Gasteiger partial charge in [0.05, 0.1) is 16.4 Å². The maximum Gasteiger partial charge on any atom is 0.225 e. The number of hydrazine groups is 1. The molecule has 0 spiro atoms. The van der Waals surface area contributed by atoms with Crippen LogP contribution in [-0.2, 0) is 0 Å². The standard InChI is InChI=1S/C21H21Cl2N5/c22-15-10-11-18(17(23)12-15)27-28-20-13-19(14-6-2-1-3-7-14)25-21(26-20)24-16-8-4-5-9-16/h1-3,6-7,10-13,16,27H,4-5,8-9H2,(H2,24,25,26,28). The summed E-state index contributed by atoms with van der Waals surface area (Å²) in [6.45, 7) is 0. The van der Waals surface area contributed by atoms with Crippen molar-refractivity contribution >= 4 is 40.7 Å². The molecule has 1 heterocycles. The van der Waals surface area contributed by atoms with Crippen LogP contribution in [0.4, 0.5) is 17.5 Å². The van der Waals surface area contributed by atoms with Crippen molar-refractivity contribution in [3.63, 3.8) is 0 Å². The summed E-state index contributed by atoms with van der Waals surface area (Å²) in [4.78, 5) is 9.34. The third kappa shape index (κ3) is 4.66. The highest BCUT2D eigenvalue weighted by molar-refractivity contribution is 6.36. The van der Waals surface area contributed by atoms with Gasteiger partial charge in [-0.1, -0.05) is 66.4 Å². The zero-order valence-electron chi connectivity index (χ0n) is 15.3. The van der Waals surface area contributed by atoms with E-state index in [1.165, 1.54) is 12.8 Å². The number of nitrogens with zero attached hydrogens (tertiary/aromatic N) is 2. The highest BCUT2D eigenvalue weighted by Crippen LogP contribution is 2.27. The van der Waals surface area contributed by atoms with E-state index in [0.29, 0.717) is 27.9 Å². The Morgan fingerprint density at radius 2 is 1.64 bits per heavy atom. The Kier molecular flexibility index (Phi) is 5.84. The molecular formula is C21H21Cl2N5. The fourth-order valence-electron chi connectivity index (χ4n) is 3.31. The van der Waals surface area contributed by atoms with E-state index in [2.05, 4.69) is 21.2 Å². The minimum Gasteiger partial charge on any atom is -0.351 e. The largest absolute Gasteiger partial charge is 0.351 e. The second-order valence-electron chi connectivity index (χ2n) is 6.83. The van der Waals surface area contributed by atoms with Crippen LogP contribution in [0.2, 0.25) is 10.0 Å². The smallest absolute Gasteiger partial charge is 0.225 e. The van der Waals surface area contributed by atoms with Crippen LogP contribution in [0.1, 0.15) is 25.7 Å². The van der Waals surface area contributed by atoms with Crippen LogP contribution in [0.25, 0.3) is 11.3 Å². The van der Waals surface area contributed by atoms with Gasteiger partial charge in [-0.2, -0.15) is 4.98 Å². The molecule has 0 saturated heterocycles. The second kappa shape index (κ2) is 8.67. The summed E-state index contributed by atoms with van der Waals surface area (Å²) in [6, 6.07) is 17.7. The average Bonchev–Trinajstić information content (AvgIpc) is 3.21. The number of benzene rings is 2. The number of nitrogens with one attached hydrogen (secondary N) is 3. The molecule has 1 saturated carbocycles. The third-order valence-electron chi connectivity index (χ3n) is 4.74. The van der Waals surface area contributed by atoms with Crippen LogP contribution >= 0.6 is 23.2 Å². The Hall–Kier alpha value is -2.50. The SMILES string of the molecule is Clc1ccc(NNc2cc(-c3ccccc3)nc(NC3CCCC3)n2)c(Cl)c1. The van der Waals surface area contributed by atoms with Crippen molar-refractivity contribution in [1.82, 2.24) is 9.97 Å². The fourth-order valence-corrected chi connectivity index (χ4v) is 3.76. The molecule has 1 aromatic heterocycles. The Bertz CT molecular complexity index is 943. The van der Waals surface area contributed by atoms with Crippen molar-refractivity contribution in [2.24, 2.45) is 0 Å². The predicted octanol–water partition coefficient (Wildman–Crippen LogP) is 6.24. The van der Waals surface area contributed by atoms with E-state index in [1.807, 2.05) is 42.5 Å². The maximum atomic E-state index is 6.24. The molecule has 1 fully saturated rings. The van der Waals surface area contributed by atoms with Gasteiger partial charge >= 0.3 is 0 Å². The zero-order chi connectivity index (χ0) is 19.3. The van der Waals surface area contributed by atoms with E-state index < -0.39 is 0 Å². The molecular weight excluding hydrogens is 393 g/mol. The van der Waals surface area contributed by atoms with E-state index >= 15 is 0 Å². The van der Waals surface area contributed by atoms with Gasteiger partial charge in [0.2, 0.25) is 5.95 Å². The van der Waals surface area contributed by atoms with Gasteiger partial charge in [-0.15, -0.1) is 0 Å². The quantitative estimate of drug-likeness (QED) is 0.417. The number of hydrogen-bond acceptors (Lipinski definition) is 5. The number of aromatic nitrogens is 2. The molecule has 28 heavy (non-hydrogen) atoms. The molecule has 0 unspecified atom stereocenters. The minimum absolute atomic E-state index is 0.428. The minimum atomic E-state index is 0.428. The van der Waals surface area contributed by atoms with Crippen LogP contribution in [0, 0.1) is 0 Å². The highest BCUT2D eigenvalue weighted by Gasteiger charge is 2.17. The van der Waals surface area contributed by atoms with Crippen molar-refractivity contribution in [3.8, 4) is 11.3 Å². The molecule has 7 heteroatoms. The van der Waals surface area contributed by atoms with Crippen LogP contribution < -0.4 is 16.2 Å². The van der Waals surface area contributed by atoms with Crippen molar-refractivity contribution < 1.29 is 0 Å². The Morgan fingerprint density at radius 1 is 0.857 bits per heavy atom. The summed E-state index contributed by atoms with van der Waals surface area (Å²) in [5.41, 5.74) is 8.83. The number of halogens is 2. The lowest BCUT2D eigenvalue weighted by Gasteiger charge is -2.16. The molecule has 3 N–H and O–H groups in total. The van der Waals surface area contributed by atoms with E-state index in [0.717, 1.165) is 29.8 Å². The van der Waals surface area contributed by atoms with E-state index in [9.17, 15) is 0 Å². The Balaban J connectivity index is 1.59. The first-order chi connectivity index (χ1) is 13.7. The van der Waals surface area contributed by atoms with Gasteiger partial charge in [-0.3, -0.25) is 10.9 Å². The summed E-state index contributed by atoms with van der Waals surface area (Å²) in [6.07, 6.45) is 4.80. The molecule has 144 valence electrons. The number of rotatable bonds is 6. The molecule has 0 aliphatic heterocycles. The predicted molar refractivity (Wildman–Crippen MR) is 117 cm³/mol. The fraction of sp³-hybridized carbons (Fsp3) is 0.238.